The van der Waals surface area contributed by atoms with Crippen LogP contribution in [0.5, 0.6) is 0 Å². The molecule has 1 aliphatic rings. The Balaban J connectivity index is 2.32. The zero-order valence-corrected chi connectivity index (χ0v) is 15.0. The molecule has 1 N–H and O–H groups in total. The van der Waals surface area contributed by atoms with Crippen LogP contribution in [0.3, 0.4) is 0 Å². The van der Waals surface area contributed by atoms with Gasteiger partial charge >= 0.3 is 0 Å². The molecule has 4 nitrogen and oxygen atoms in total. The number of hydrogen-bond acceptors (Lipinski definition) is 3. The molecule has 0 aliphatic carbocycles. The Morgan fingerprint density at radius 1 is 1.38 bits per heavy atom. The fourth-order valence-corrected chi connectivity index (χ4v) is 5.11. The largest absolute Gasteiger partial charge is 0.392 e. The summed E-state index contributed by atoms with van der Waals surface area (Å²) in [7, 11) is -3.52. The molecule has 2 rings (SSSR count). The predicted octanol–water partition coefficient (Wildman–Crippen LogP) is 3.00. The highest BCUT2D eigenvalue weighted by Crippen LogP contribution is 2.37. The Kier molecular flexibility index (Phi) is 4.83. The minimum atomic E-state index is -3.52. The van der Waals surface area contributed by atoms with Crippen molar-refractivity contribution in [2.45, 2.75) is 38.7 Å². The highest BCUT2D eigenvalue weighted by molar-refractivity contribution is 9.10. The van der Waals surface area contributed by atoms with Gasteiger partial charge in [0.2, 0.25) is 10.0 Å². The third-order valence-corrected chi connectivity index (χ3v) is 7.03. The second kappa shape index (κ2) is 5.99. The van der Waals surface area contributed by atoms with Crippen molar-refractivity contribution < 1.29 is 13.5 Å². The summed E-state index contributed by atoms with van der Waals surface area (Å²) < 4.78 is 27.7. The van der Waals surface area contributed by atoms with E-state index in [0.717, 1.165) is 6.42 Å². The van der Waals surface area contributed by atoms with E-state index in [1.165, 1.54) is 0 Å². The van der Waals surface area contributed by atoms with Gasteiger partial charge in [-0.1, -0.05) is 26.8 Å². The molecule has 1 heterocycles. The van der Waals surface area contributed by atoms with E-state index in [-0.39, 0.29) is 16.9 Å². The van der Waals surface area contributed by atoms with Gasteiger partial charge in [0.15, 0.2) is 0 Å². The monoisotopic (exact) mass is 375 g/mol. The van der Waals surface area contributed by atoms with Crippen molar-refractivity contribution in [3.8, 4) is 0 Å². The Morgan fingerprint density at radius 2 is 2.05 bits per heavy atom. The molecule has 1 aromatic rings. The van der Waals surface area contributed by atoms with Gasteiger partial charge in [-0.25, -0.2) is 8.42 Å². The van der Waals surface area contributed by atoms with Crippen LogP contribution in [0.25, 0.3) is 0 Å². The van der Waals surface area contributed by atoms with E-state index in [1.807, 2.05) is 0 Å². The number of sulfonamides is 1. The maximum absolute atomic E-state index is 12.8. The van der Waals surface area contributed by atoms with Gasteiger partial charge in [-0.3, -0.25) is 0 Å². The van der Waals surface area contributed by atoms with Gasteiger partial charge < -0.3 is 5.11 Å². The van der Waals surface area contributed by atoms with Crippen LogP contribution in [0.1, 0.15) is 32.8 Å². The van der Waals surface area contributed by atoms with Crippen LogP contribution in [0.4, 0.5) is 0 Å². The first-order chi connectivity index (χ1) is 9.66. The number of hydrogen-bond donors (Lipinski definition) is 1. The molecule has 1 aromatic carbocycles. The summed E-state index contributed by atoms with van der Waals surface area (Å²) in [6.07, 6.45) is 0.889. The molecule has 21 heavy (non-hydrogen) atoms. The lowest BCUT2D eigenvalue weighted by Gasteiger charge is -2.27. The molecule has 1 saturated heterocycles. The number of nitrogens with zero attached hydrogens (tertiary/aromatic N) is 1. The van der Waals surface area contributed by atoms with Crippen LogP contribution in [0.15, 0.2) is 27.6 Å². The van der Waals surface area contributed by atoms with Crippen molar-refractivity contribution in [2.24, 2.45) is 11.3 Å². The Bertz CT molecular complexity index is 622. The molecule has 6 heteroatoms. The van der Waals surface area contributed by atoms with Gasteiger partial charge in [0.25, 0.3) is 0 Å². The summed E-state index contributed by atoms with van der Waals surface area (Å²) in [5, 5.41) is 9.21. The Morgan fingerprint density at radius 3 is 2.57 bits per heavy atom. The third-order valence-electron chi connectivity index (χ3n) is 4.17. The average Bonchev–Trinajstić information content (AvgIpc) is 2.89. The maximum atomic E-state index is 12.8. The summed E-state index contributed by atoms with van der Waals surface area (Å²) in [6.45, 7) is 7.39. The number of rotatable bonds is 3. The first-order valence-corrected chi connectivity index (χ1v) is 9.29. The molecular weight excluding hydrogens is 354 g/mol. The summed E-state index contributed by atoms with van der Waals surface area (Å²) in [5.74, 6) is 0.368. The van der Waals surface area contributed by atoms with Crippen LogP contribution in [-0.4, -0.2) is 30.9 Å². The quantitative estimate of drug-likeness (QED) is 0.883. The van der Waals surface area contributed by atoms with Crippen LogP contribution in [-0.2, 0) is 16.6 Å². The van der Waals surface area contributed by atoms with Crippen LogP contribution < -0.4 is 0 Å². The number of halogens is 1. The average molecular weight is 376 g/mol. The summed E-state index contributed by atoms with van der Waals surface area (Å²) in [5.41, 5.74) is 0.706. The molecular formula is C15H22BrNO3S. The lowest BCUT2D eigenvalue weighted by atomic mass is 9.80. The first kappa shape index (κ1) is 16.9. The standard InChI is InChI=1S/C15H22BrNO3S/c1-15(2,3)12-6-7-17(9-12)21(19,20)14-8-11(10-18)4-5-13(14)16/h4-5,8,12,18H,6-7,9-10H2,1-3H3. The summed E-state index contributed by atoms with van der Waals surface area (Å²) in [6, 6.07) is 4.94. The van der Waals surface area contributed by atoms with Gasteiger partial charge in [0.1, 0.15) is 0 Å². The SMILES string of the molecule is CC(C)(C)C1CCN(S(=O)(=O)c2cc(CO)ccc2Br)C1. The molecule has 0 spiro atoms. The van der Waals surface area contributed by atoms with Crippen molar-refractivity contribution in [1.29, 1.82) is 0 Å². The third kappa shape index (κ3) is 3.50. The highest BCUT2D eigenvalue weighted by Gasteiger charge is 2.38. The second-order valence-corrected chi connectivity index (χ2v) is 9.40. The normalized spacial score (nSPS) is 20.9. The van der Waals surface area contributed by atoms with E-state index in [4.69, 9.17) is 0 Å². The van der Waals surface area contributed by atoms with Crippen molar-refractivity contribution in [1.82, 2.24) is 4.31 Å². The molecule has 1 aliphatic heterocycles. The zero-order valence-electron chi connectivity index (χ0n) is 12.6. The molecule has 118 valence electrons. The molecule has 1 atom stereocenters. The second-order valence-electron chi connectivity index (χ2n) is 6.64. The van der Waals surface area contributed by atoms with Crippen LogP contribution >= 0.6 is 15.9 Å². The van der Waals surface area contributed by atoms with Crippen LogP contribution in [0.2, 0.25) is 0 Å². The topological polar surface area (TPSA) is 57.6 Å². The molecule has 0 bridgehead atoms. The number of aliphatic hydroxyl groups excluding tert-OH is 1. The lowest BCUT2D eigenvalue weighted by molar-refractivity contribution is 0.252. The maximum Gasteiger partial charge on any atom is 0.244 e. The van der Waals surface area contributed by atoms with Gasteiger partial charge in [0, 0.05) is 17.6 Å². The minimum Gasteiger partial charge on any atom is -0.392 e. The van der Waals surface area contributed by atoms with Crippen molar-refractivity contribution >= 4 is 26.0 Å². The molecule has 1 unspecified atom stereocenters. The molecule has 0 radical (unpaired) electrons. The van der Waals surface area contributed by atoms with Crippen molar-refractivity contribution in [3.63, 3.8) is 0 Å². The smallest absolute Gasteiger partial charge is 0.244 e. The lowest BCUT2D eigenvalue weighted by Crippen LogP contribution is -2.31. The van der Waals surface area contributed by atoms with E-state index in [9.17, 15) is 13.5 Å². The van der Waals surface area contributed by atoms with Crippen molar-refractivity contribution in [2.75, 3.05) is 13.1 Å². The van der Waals surface area contributed by atoms with Gasteiger partial charge in [-0.2, -0.15) is 4.31 Å². The fraction of sp³-hybridized carbons (Fsp3) is 0.600. The minimum absolute atomic E-state index is 0.106. The summed E-state index contributed by atoms with van der Waals surface area (Å²) in [4.78, 5) is 0.239. The fourth-order valence-electron chi connectivity index (χ4n) is 2.64. The van der Waals surface area contributed by atoms with Gasteiger partial charge in [-0.15, -0.1) is 0 Å². The van der Waals surface area contributed by atoms with E-state index < -0.39 is 10.0 Å². The number of aliphatic hydroxyl groups is 1. The molecule has 0 amide bonds. The van der Waals surface area contributed by atoms with Gasteiger partial charge in [-0.05, 0) is 51.4 Å². The summed E-state index contributed by atoms with van der Waals surface area (Å²) >= 11 is 3.31. The molecule has 0 saturated carbocycles. The number of benzene rings is 1. The highest BCUT2D eigenvalue weighted by atomic mass is 79.9. The van der Waals surface area contributed by atoms with Gasteiger partial charge in [0.05, 0.1) is 11.5 Å². The Labute approximate surface area is 135 Å². The molecule has 0 aromatic heterocycles. The predicted molar refractivity (Wildman–Crippen MR) is 86.4 cm³/mol. The van der Waals surface area contributed by atoms with E-state index >= 15 is 0 Å². The molecule has 1 fully saturated rings. The van der Waals surface area contributed by atoms with E-state index in [1.54, 1.807) is 22.5 Å². The van der Waals surface area contributed by atoms with Crippen molar-refractivity contribution in [3.05, 3.63) is 28.2 Å². The van der Waals surface area contributed by atoms with E-state index in [0.29, 0.717) is 29.0 Å². The first-order valence-electron chi connectivity index (χ1n) is 7.05. The Hall–Kier alpha value is -0.430. The zero-order chi connectivity index (χ0) is 15.8. The van der Waals surface area contributed by atoms with E-state index in [2.05, 4.69) is 36.7 Å². The van der Waals surface area contributed by atoms with Crippen LogP contribution in [0, 0.1) is 11.3 Å².